The topological polar surface area (TPSA) is 362 Å². The highest BCUT2D eigenvalue weighted by Gasteiger charge is 2.95. The van der Waals surface area contributed by atoms with Crippen LogP contribution in [0.3, 0.4) is 0 Å². The highest BCUT2D eigenvalue weighted by atomic mass is 16.7. The zero-order valence-corrected chi connectivity index (χ0v) is 22.4. The lowest BCUT2D eigenvalue weighted by Gasteiger charge is -2.66. The van der Waals surface area contributed by atoms with Crippen molar-refractivity contribution in [2.75, 3.05) is 14.2 Å². The Hall–Kier alpha value is -3.29. The van der Waals surface area contributed by atoms with Crippen LogP contribution in [-0.4, -0.2) is 147 Å². The van der Waals surface area contributed by atoms with Crippen LogP contribution in [0.4, 0.5) is 0 Å². The average molecular weight is 635 g/mol. The number of likely N-dealkylation sites (tertiary alicyclic amines) is 1. The summed E-state index contributed by atoms with van der Waals surface area (Å²) in [6.07, 6.45) is 0. The molecule has 16 N–H and O–H groups in total. The van der Waals surface area contributed by atoms with Crippen LogP contribution in [0.25, 0.3) is 0 Å². The van der Waals surface area contributed by atoms with E-state index in [2.05, 4.69) is 0 Å². The quantitative estimate of drug-likeness (QED) is 0.103. The number of fused-ring (bicyclic) bond motifs is 1. The van der Waals surface area contributed by atoms with E-state index in [0.29, 0.717) is 0 Å². The molecule has 20 heteroatoms. The summed E-state index contributed by atoms with van der Waals surface area (Å²) in [5.41, 5.74) is -14.4. The molecule has 1 aliphatic carbocycles. The molecule has 0 spiro atoms. The normalized spacial score (nSPS) is 26.2. The van der Waals surface area contributed by atoms with Gasteiger partial charge in [-0.1, -0.05) is 30.3 Å². The highest BCUT2D eigenvalue weighted by Crippen LogP contribution is 2.64. The van der Waals surface area contributed by atoms with E-state index in [4.69, 9.17) is 9.47 Å². The number of phenolic OH excluding ortho intramolecular Hbond substituents is 2. The second kappa shape index (κ2) is 9.37. The van der Waals surface area contributed by atoms with E-state index in [9.17, 15) is 86.5 Å². The van der Waals surface area contributed by atoms with Crippen LogP contribution in [0.15, 0.2) is 30.3 Å². The molecule has 0 bridgehead atoms. The van der Waals surface area contributed by atoms with Crippen molar-refractivity contribution < 1.29 is 96.0 Å². The molecule has 0 amide bonds. The van der Waals surface area contributed by atoms with Gasteiger partial charge < -0.3 is 91.2 Å². The van der Waals surface area contributed by atoms with Crippen LogP contribution >= 0.6 is 0 Å². The Labute approximate surface area is 244 Å². The van der Waals surface area contributed by atoms with Gasteiger partial charge in [-0.25, -0.2) is 0 Å². The molecule has 1 unspecified atom stereocenters. The molecule has 4 rings (SSSR count). The fourth-order valence-electron chi connectivity index (χ4n) is 5.60. The van der Waals surface area contributed by atoms with E-state index in [-0.39, 0.29) is 5.56 Å². The molecular formula is C24H29NO19. The Morgan fingerprint density at radius 3 is 1.59 bits per heavy atom. The maximum atomic E-state index is 13.5. The molecule has 1 saturated heterocycles. The van der Waals surface area contributed by atoms with Crippen LogP contribution in [0.5, 0.6) is 23.0 Å². The molecule has 44 heavy (non-hydrogen) atoms. The number of carbonyl (C=O) groups is 1. The van der Waals surface area contributed by atoms with Gasteiger partial charge in [0.05, 0.1) is 25.3 Å². The van der Waals surface area contributed by atoms with Gasteiger partial charge >= 0.3 is 0 Å². The lowest BCUT2D eigenvalue weighted by atomic mass is 9.62. The van der Waals surface area contributed by atoms with Gasteiger partial charge in [0.25, 0.3) is 23.4 Å². The zero-order chi connectivity index (χ0) is 33.9. The lowest BCUT2D eigenvalue weighted by Crippen LogP contribution is -2.99. The summed E-state index contributed by atoms with van der Waals surface area (Å²) in [7, 11) is 1.65. The molecule has 1 heterocycles. The Balaban J connectivity index is 2.04. The van der Waals surface area contributed by atoms with Gasteiger partial charge in [-0.05, 0) is 5.56 Å². The number of phenols is 2. The second-order valence-corrected chi connectivity index (χ2v) is 10.3. The summed E-state index contributed by atoms with van der Waals surface area (Å²) in [6, 6.07) is 6.36. The SMILES string of the molecule is COc1c(O)c2c(c(O)c1OC)C(O)(O)C(O)(C(O)(O)C1(O)C(O)(O)C(O)(O)N(Cc3ccccc3)C(O)(O)C1(O)O)C2=O. The van der Waals surface area contributed by atoms with Gasteiger partial charge in [0.2, 0.25) is 40.1 Å². The van der Waals surface area contributed by atoms with E-state index >= 15 is 0 Å². The van der Waals surface area contributed by atoms with Crippen molar-refractivity contribution >= 4 is 5.78 Å². The number of benzene rings is 2. The first kappa shape index (κ1) is 33.6. The molecule has 2 aromatic carbocycles. The number of hydrogen-bond acceptors (Lipinski definition) is 20. The monoisotopic (exact) mass is 635 g/mol. The zero-order valence-electron chi connectivity index (χ0n) is 22.4. The van der Waals surface area contributed by atoms with Gasteiger partial charge in [-0.3, -0.25) is 4.79 Å². The molecule has 0 radical (unpaired) electrons. The van der Waals surface area contributed by atoms with Crippen molar-refractivity contribution in [2.45, 2.75) is 52.7 Å². The highest BCUT2D eigenvalue weighted by molar-refractivity contribution is 6.12. The van der Waals surface area contributed by atoms with Crippen molar-refractivity contribution in [3.05, 3.63) is 47.0 Å². The number of carbonyl (C=O) groups excluding carboxylic acids is 1. The summed E-state index contributed by atoms with van der Waals surface area (Å²) < 4.78 is 9.51. The van der Waals surface area contributed by atoms with E-state index in [1.807, 2.05) is 0 Å². The second-order valence-electron chi connectivity index (χ2n) is 10.3. The largest absolute Gasteiger partial charge is 0.504 e. The van der Waals surface area contributed by atoms with Gasteiger partial charge in [0, 0.05) is 6.54 Å². The molecule has 0 saturated carbocycles. The smallest absolute Gasteiger partial charge is 0.290 e. The predicted octanol–water partition coefficient (Wildman–Crippen LogP) is -7.25. The average Bonchev–Trinajstić information content (AvgIpc) is 3.10. The summed E-state index contributed by atoms with van der Waals surface area (Å²) in [5.74, 6) is -38.5. The maximum Gasteiger partial charge on any atom is 0.290 e. The molecule has 20 nitrogen and oxygen atoms in total. The number of ketones is 1. The number of Topliss-reactive ketones (excluding diaryl/α,β-unsaturated/α-hetero) is 1. The minimum Gasteiger partial charge on any atom is -0.504 e. The van der Waals surface area contributed by atoms with Gasteiger partial charge in [-0.2, -0.15) is 4.90 Å². The van der Waals surface area contributed by atoms with E-state index in [1.54, 1.807) is 0 Å². The molecule has 1 atom stereocenters. The summed E-state index contributed by atoms with van der Waals surface area (Å²) in [5, 5.41) is 175. The molecule has 244 valence electrons. The van der Waals surface area contributed by atoms with Crippen molar-refractivity contribution in [2.24, 2.45) is 0 Å². The van der Waals surface area contributed by atoms with E-state index < -0.39 is 97.5 Å². The number of aliphatic hydroxyl groups is 14. The Bertz CT molecular complexity index is 1470. The summed E-state index contributed by atoms with van der Waals surface area (Å²) in [4.78, 5) is 12.8. The molecule has 1 aliphatic heterocycles. The predicted molar refractivity (Wildman–Crippen MR) is 131 cm³/mol. The molecule has 2 aliphatic rings. The molecule has 1 fully saturated rings. The van der Waals surface area contributed by atoms with E-state index in [0.717, 1.165) is 26.4 Å². The van der Waals surface area contributed by atoms with Crippen molar-refractivity contribution in [1.82, 2.24) is 4.90 Å². The lowest BCUT2D eigenvalue weighted by molar-refractivity contribution is -0.626. The number of piperidine rings is 1. The fourth-order valence-corrected chi connectivity index (χ4v) is 5.60. The van der Waals surface area contributed by atoms with Crippen molar-refractivity contribution in [3.63, 3.8) is 0 Å². The van der Waals surface area contributed by atoms with Crippen LogP contribution in [0, 0.1) is 0 Å². The van der Waals surface area contributed by atoms with Crippen LogP contribution in [0.2, 0.25) is 0 Å². The van der Waals surface area contributed by atoms with Gasteiger partial charge in [-0.15, -0.1) is 0 Å². The number of ether oxygens (including phenoxy) is 2. The molecular weight excluding hydrogens is 606 g/mol. The van der Waals surface area contributed by atoms with Crippen molar-refractivity contribution in [3.8, 4) is 23.0 Å². The van der Waals surface area contributed by atoms with Crippen LogP contribution < -0.4 is 9.47 Å². The molecule has 0 aromatic heterocycles. The summed E-state index contributed by atoms with van der Waals surface area (Å²) >= 11 is 0. The van der Waals surface area contributed by atoms with Crippen molar-refractivity contribution in [1.29, 1.82) is 0 Å². The third kappa shape index (κ3) is 3.38. The molecule has 2 aromatic rings. The first-order valence-electron chi connectivity index (χ1n) is 12.0. The Morgan fingerprint density at radius 2 is 1.16 bits per heavy atom. The van der Waals surface area contributed by atoms with Gasteiger partial charge in [0.1, 0.15) is 0 Å². The number of nitrogens with zero attached hydrogens (tertiary/aromatic N) is 1. The minimum absolute atomic E-state index is 0.151. The van der Waals surface area contributed by atoms with Crippen LogP contribution in [-0.2, 0) is 12.3 Å². The Kier molecular flexibility index (Phi) is 7.15. The summed E-state index contributed by atoms with van der Waals surface area (Å²) in [6.45, 7) is -1.27. The van der Waals surface area contributed by atoms with Crippen LogP contribution in [0.1, 0.15) is 21.5 Å². The third-order valence-electron chi connectivity index (χ3n) is 8.07. The number of rotatable bonds is 6. The first-order valence-corrected chi connectivity index (χ1v) is 12.0. The standard InChI is InChI=1S/C24H29NO19/c1-43-14-12(26)10-11(13(27)15(14)44-2)18(30,31)17(29,16(10)28)20(33,34)19(32)21(35,36)23(39,40)25(24(41,42)22(19,37)38)8-9-6-4-3-5-7-9/h3-7,26-27,29-42H,8H2,1-2H3. The first-order chi connectivity index (χ1) is 19.8. The van der Waals surface area contributed by atoms with E-state index in [1.165, 1.54) is 18.2 Å². The third-order valence-corrected chi connectivity index (χ3v) is 8.07. The maximum absolute atomic E-state index is 13.5. The number of hydrogen-bond donors (Lipinski definition) is 16. The minimum atomic E-state index is -5.71. The number of aromatic hydroxyl groups is 2. The van der Waals surface area contributed by atoms with Gasteiger partial charge in [0.15, 0.2) is 11.5 Å². The fraction of sp³-hybridized carbons (Fsp3) is 0.458. The Morgan fingerprint density at radius 1 is 0.727 bits per heavy atom. The number of methoxy groups -OCH3 is 2.